The zero-order valence-corrected chi connectivity index (χ0v) is 24.2. The number of anilines is 2. The summed E-state index contributed by atoms with van der Waals surface area (Å²) in [7, 11) is 0. The molecule has 10 heteroatoms. The van der Waals surface area contributed by atoms with Crippen molar-refractivity contribution in [3.05, 3.63) is 47.5 Å². The second-order valence-electron chi connectivity index (χ2n) is 9.33. The lowest BCUT2D eigenvalue weighted by Gasteiger charge is -2.21. The van der Waals surface area contributed by atoms with E-state index in [-0.39, 0.29) is 23.3 Å². The minimum Gasteiger partial charge on any atom is -0.507 e. The van der Waals surface area contributed by atoms with Crippen LogP contribution < -0.4 is 20.7 Å². The first-order chi connectivity index (χ1) is 19.3. The summed E-state index contributed by atoms with van der Waals surface area (Å²) in [5.41, 5.74) is 7.92. The topological polar surface area (TPSA) is 130 Å². The molecule has 2 aromatic carbocycles. The summed E-state index contributed by atoms with van der Waals surface area (Å²) in [6.07, 6.45) is 6.53. The van der Waals surface area contributed by atoms with Gasteiger partial charge in [-0.1, -0.05) is 12.8 Å². The molecule has 2 amide bonds. The second kappa shape index (κ2) is 17.5. The number of carbonyl (C=O) groups is 2. The zero-order valence-electron chi connectivity index (χ0n) is 24.2. The van der Waals surface area contributed by atoms with Gasteiger partial charge >= 0.3 is 0 Å². The molecule has 0 aliphatic carbocycles. The van der Waals surface area contributed by atoms with Crippen molar-refractivity contribution in [2.75, 3.05) is 36.0 Å². The van der Waals surface area contributed by atoms with Crippen molar-refractivity contribution < 1.29 is 19.8 Å². The Morgan fingerprint density at radius 1 is 0.675 bits per heavy atom. The van der Waals surface area contributed by atoms with Crippen molar-refractivity contribution in [2.45, 2.75) is 66.2 Å². The molecule has 40 heavy (non-hydrogen) atoms. The molecule has 0 aliphatic heterocycles. The Balaban J connectivity index is 1.61. The van der Waals surface area contributed by atoms with Crippen molar-refractivity contribution in [3.8, 4) is 11.5 Å². The molecule has 0 fully saturated rings. The Kier molecular flexibility index (Phi) is 14.1. The number of benzene rings is 2. The van der Waals surface area contributed by atoms with E-state index in [9.17, 15) is 19.8 Å². The molecule has 0 aliphatic rings. The number of phenolic OH excluding ortho intramolecular Hbond substituents is 2. The molecule has 2 aromatic rings. The predicted octanol–water partition coefficient (Wildman–Crippen LogP) is 4.73. The van der Waals surface area contributed by atoms with Crippen LogP contribution in [0.3, 0.4) is 0 Å². The molecule has 4 N–H and O–H groups in total. The molecule has 0 saturated heterocycles. The van der Waals surface area contributed by atoms with Crippen LogP contribution >= 0.6 is 0 Å². The fourth-order valence-corrected chi connectivity index (χ4v) is 4.24. The van der Waals surface area contributed by atoms with E-state index in [1.54, 1.807) is 24.3 Å². The van der Waals surface area contributed by atoms with Gasteiger partial charge in [0.25, 0.3) is 0 Å². The molecule has 0 bridgehead atoms. The SMILES string of the molecule is CCN(CC)c1ccc(/C=N/NC(=O)CCCCCCC(=O)N/N=C/c2ccc(N(CC)CC)cc2O)c(O)c1. The van der Waals surface area contributed by atoms with Crippen LogP contribution in [0.25, 0.3) is 0 Å². The predicted molar refractivity (Wildman–Crippen MR) is 163 cm³/mol. The second-order valence-corrected chi connectivity index (χ2v) is 9.33. The fraction of sp³-hybridized carbons (Fsp3) is 0.467. The van der Waals surface area contributed by atoms with Gasteiger partial charge in [-0.25, -0.2) is 10.9 Å². The summed E-state index contributed by atoms with van der Waals surface area (Å²) >= 11 is 0. The fourth-order valence-electron chi connectivity index (χ4n) is 4.24. The summed E-state index contributed by atoms with van der Waals surface area (Å²) in [5.74, 6) is -0.175. The number of nitrogens with one attached hydrogen (secondary N) is 2. The van der Waals surface area contributed by atoms with Gasteiger partial charge in [0.1, 0.15) is 11.5 Å². The first-order valence-corrected chi connectivity index (χ1v) is 14.1. The first kappa shape index (κ1) is 32.1. The number of phenols is 2. The highest BCUT2D eigenvalue weighted by Crippen LogP contribution is 2.24. The smallest absolute Gasteiger partial charge is 0.240 e. The third kappa shape index (κ3) is 10.6. The third-order valence-corrected chi connectivity index (χ3v) is 6.63. The molecule has 2 rings (SSSR count). The summed E-state index contributed by atoms with van der Waals surface area (Å²) in [5, 5.41) is 28.4. The van der Waals surface area contributed by atoms with Gasteiger partial charge in [0, 0.05) is 73.7 Å². The van der Waals surface area contributed by atoms with E-state index in [4.69, 9.17) is 0 Å². The Labute approximate surface area is 237 Å². The molecule has 0 heterocycles. The van der Waals surface area contributed by atoms with Crippen LogP contribution in [0.4, 0.5) is 11.4 Å². The van der Waals surface area contributed by atoms with Gasteiger partial charge in [-0.3, -0.25) is 9.59 Å². The highest BCUT2D eigenvalue weighted by Gasteiger charge is 2.07. The number of carbonyl (C=O) groups excluding carboxylic acids is 2. The van der Waals surface area contributed by atoms with E-state index < -0.39 is 0 Å². The highest BCUT2D eigenvalue weighted by molar-refractivity contribution is 5.86. The van der Waals surface area contributed by atoms with E-state index >= 15 is 0 Å². The maximum atomic E-state index is 12.0. The van der Waals surface area contributed by atoms with Crippen molar-refractivity contribution >= 4 is 35.6 Å². The molecule has 0 spiro atoms. The molecule has 218 valence electrons. The van der Waals surface area contributed by atoms with Gasteiger partial charge in [0.2, 0.25) is 11.8 Å². The van der Waals surface area contributed by atoms with Crippen LogP contribution in [0, 0.1) is 0 Å². The minimum absolute atomic E-state index is 0.111. The van der Waals surface area contributed by atoms with E-state index in [1.807, 2.05) is 12.1 Å². The van der Waals surface area contributed by atoms with Gasteiger partial charge in [-0.15, -0.1) is 0 Å². The average Bonchev–Trinajstić information content (AvgIpc) is 2.94. The number of hydrogen-bond donors (Lipinski definition) is 4. The highest BCUT2D eigenvalue weighted by atomic mass is 16.3. The summed E-state index contributed by atoms with van der Waals surface area (Å²) in [4.78, 5) is 28.3. The number of nitrogens with zero attached hydrogens (tertiary/aromatic N) is 4. The zero-order chi connectivity index (χ0) is 29.3. The molecule has 0 atom stereocenters. The molecule has 10 nitrogen and oxygen atoms in total. The van der Waals surface area contributed by atoms with E-state index in [1.165, 1.54) is 12.4 Å². The largest absolute Gasteiger partial charge is 0.507 e. The molecular formula is C30H44N6O4. The number of hydrazone groups is 2. The van der Waals surface area contributed by atoms with E-state index in [0.717, 1.165) is 50.4 Å². The van der Waals surface area contributed by atoms with Gasteiger partial charge in [0.15, 0.2) is 0 Å². The van der Waals surface area contributed by atoms with Crippen LogP contribution in [-0.4, -0.2) is 60.6 Å². The quantitative estimate of drug-likeness (QED) is 0.128. The minimum atomic E-state index is -0.198. The van der Waals surface area contributed by atoms with Crippen molar-refractivity contribution in [2.24, 2.45) is 10.2 Å². The summed E-state index contributed by atoms with van der Waals surface area (Å²) in [6.45, 7) is 11.6. The number of aromatic hydroxyl groups is 2. The number of rotatable bonds is 17. The number of unbranched alkanes of at least 4 members (excludes halogenated alkanes) is 3. The van der Waals surface area contributed by atoms with Crippen LogP contribution in [0.2, 0.25) is 0 Å². The molecular weight excluding hydrogens is 508 g/mol. The van der Waals surface area contributed by atoms with Crippen LogP contribution in [0.5, 0.6) is 11.5 Å². The Bertz CT molecular complexity index is 1050. The standard InChI is InChI=1S/C30H44N6O4/c1-5-35(6-2)25-17-15-23(27(37)19-25)21-31-33-29(39)13-11-9-10-12-14-30(40)34-32-22-24-16-18-26(20-28(24)38)36(7-3)8-4/h15-22,37-38H,5-14H2,1-4H3,(H,33,39)(H,34,40)/b31-21+,32-22+. The van der Waals surface area contributed by atoms with Crippen LogP contribution in [-0.2, 0) is 9.59 Å². The van der Waals surface area contributed by atoms with E-state index in [0.29, 0.717) is 36.8 Å². The lowest BCUT2D eigenvalue weighted by Crippen LogP contribution is -2.21. The van der Waals surface area contributed by atoms with Gasteiger partial charge < -0.3 is 20.0 Å². The van der Waals surface area contributed by atoms with Crippen molar-refractivity contribution in [1.29, 1.82) is 0 Å². The maximum Gasteiger partial charge on any atom is 0.240 e. The molecule has 0 radical (unpaired) electrons. The lowest BCUT2D eigenvalue weighted by atomic mass is 10.1. The van der Waals surface area contributed by atoms with Crippen LogP contribution in [0.1, 0.15) is 77.3 Å². The number of amides is 2. The maximum absolute atomic E-state index is 12.0. The molecule has 0 saturated carbocycles. The Hall–Kier alpha value is -4.08. The molecule has 0 aromatic heterocycles. The van der Waals surface area contributed by atoms with Gasteiger partial charge in [-0.2, -0.15) is 10.2 Å². The summed E-state index contributed by atoms with van der Waals surface area (Å²) < 4.78 is 0. The van der Waals surface area contributed by atoms with Gasteiger partial charge in [0.05, 0.1) is 12.4 Å². The average molecular weight is 553 g/mol. The lowest BCUT2D eigenvalue weighted by molar-refractivity contribution is -0.122. The monoisotopic (exact) mass is 552 g/mol. The third-order valence-electron chi connectivity index (χ3n) is 6.63. The normalized spacial score (nSPS) is 11.2. The van der Waals surface area contributed by atoms with Crippen molar-refractivity contribution in [1.82, 2.24) is 10.9 Å². The Morgan fingerprint density at radius 2 is 1.05 bits per heavy atom. The first-order valence-electron chi connectivity index (χ1n) is 14.1. The number of hydrogen-bond acceptors (Lipinski definition) is 8. The van der Waals surface area contributed by atoms with Gasteiger partial charge in [-0.05, 0) is 64.8 Å². The van der Waals surface area contributed by atoms with E-state index in [2.05, 4.69) is 58.5 Å². The van der Waals surface area contributed by atoms with Crippen molar-refractivity contribution in [3.63, 3.8) is 0 Å². The van der Waals surface area contributed by atoms with Crippen LogP contribution in [0.15, 0.2) is 46.6 Å². The summed E-state index contributed by atoms with van der Waals surface area (Å²) in [6, 6.07) is 10.8. The molecule has 0 unspecified atom stereocenters. The Morgan fingerprint density at radius 3 is 1.38 bits per heavy atom.